The van der Waals surface area contributed by atoms with Crippen molar-refractivity contribution in [1.29, 1.82) is 0 Å². The zero-order valence-electron chi connectivity index (χ0n) is 22.9. The first-order chi connectivity index (χ1) is 20.0. The minimum absolute atomic E-state index is 0.0690. The molecule has 0 N–H and O–H groups in total. The highest BCUT2D eigenvalue weighted by Gasteiger charge is 2.44. The second-order valence-corrected chi connectivity index (χ2v) is 10.4. The third-order valence-electron chi connectivity index (χ3n) is 7.80. The van der Waals surface area contributed by atoms with Gasteiger partial charge in [0.1, 0.15) is 17.3 Å². The molecule has 3 aromatic carbocycles. The van der Waals surface area contributed by atoms with Crippen molar-refractivity contribution < 1.29 is 23.5 Å². The third-order valence-corrected chi connectivity index (χ3v) is 7.80. The van der Waals surface area contributed by atoms with Gasteiger partial charge in [-0.25, -0.2) is 9.88 Å². The Balaban J connectivity index is 1.25. The van der Waals surface area contributed by atoms with Crippen LogP contribution in [0.1, 0.15) is 48.9 Å². The van der Waals surface area contributed by atoms with Crippen LogP contribution in [-0.4, -0.2) is 47.3 Å². The van der Waals surface area contributed by atoms with E-state index in [0.717, 1.165) is 30.3 Å². The Morgan fingerprint density at radius 3 is 2.63 bits per heavy atom. The summed E-state index contributed by atoms with van der Waals surface area (Å²) >= 11 is 0. The molecule has 0 saturated carbocycles. The number of imide groups is 1. The van der Waals surface area contributed by atoms with Crippen LogP contribution in [0, 0.1) is 0 Å². The number of anilines is 1. The molecular formula is C33H31N3O5. The molecule has 6 rings (SSSR count). The molecule has 1 aliphatic heterocycles. The largest absolute Gasteiger partial charge is 0.497 e. The van der Waals surface area contributed by atoms with Gasteiger partial charge in [0.25, 0.3) is 11.8 Å². The number of para-hydroxylation sites is 2. The summed E-state index contributed by atoms with van der Waals surface area (Å²) in [6, 6.07) is 20.5. The van der Waals surface area contributed by atoms with Crippen LogP contribution >= 0.6 is 0 Å². The van der Waals surface area contributed by atoms with E-state index in [-0.39, 0.29) is 18.2 Å². The normalized spacial score (nSPS) is 17.1. The highest BCUT2D eigenvalue weighted by atomic mass is 16.5. The van der Waals surface area contributed by atoms with Crippen LogP contribution in [0.5, 0.6) is 5.75 Å². The molecule has 8 heteroatoms. The Hall–Kier alpha value is -4.72. The molecule has 2 aliphatic rings. The van der Waals surface area contributed by atoms with Gasteiger partial charge in [-0.3, -0.25) is 14.4 Å². The number of allylic oxidation sites excluding steroid dienone is 1. The van der Waals surface area contributed by atoms with Crippen molar-refractivity contribution in [3.8, 4) is 17.2 Å². The Bertz CT molecular complexity index is 1610. The lowest BCUT2D eigenvalue weighted by Gasteiger charge is -2.29. The fraction of sp³-hybridized carbons (Fsp3) is 0.273. The monoisotopic (exact) mass is 549 g/mol. The molecule has 1 aliphatic carbocycles. The summed E-state index contributed by atoms with van der Waals surface area (Å²) in [5.41, 5.74) is 4.34. The SMILES string of the molecule is COc1cccc(C(=O)N(CCC2=CCCCC2)C2CC(=O)N(c3ccc(-c4nc5ccccc5o4)cc3)C2=O)c1. The number of hydrogen-bond donors (Lipinski definition) is 0. The molecule has 1 aromatic heterocycles. The summed E-state index contributed by atoms with van der Waals surface area (Å²) in [4.78, 5) is 48.1. The smallest absolute Gasteiger partial charge is 0.257 e. The zero-order chi connectivity index (χ0) is 28.3. The van der Waals surface area contributed by atoms with E-state index >= 15 is 0 Å². The number of nitrogens with zero attached hydrogens (tertiary/aromatic N) is 3. The molecule has 208 valence electrons. The molecule has 3 amide bonds. The maximum Gasteiger partial charge on any atom is 0.257 e. The first kappa shape index (κ1) is 26.5. The van der Waals surface area contributed by atoms with Crippen molar-refractivity contribution in [2.24, 2.45) is 0 Å². The maximum atomic E-state index is 13.8. The molecule has 1 atom stereocenters. The van der Waals surface area contributed by atoms with E-state index in [9.17, 15) is 14.4 Å². The number of carbonyl (C=O) groups is 3. The molecule has 4 aromatic rings. The molecule has 8 nitrogen and oxygen atoms in total. The predicted octanol–water partition coefficient (Wildman–Crippen LogP) is 6.17. The van der Waals surface area contributed by atoms with Crippen LogP contribution in [0.3, 0.4) is 0 Å². The van der Waals surface area contributed by atoms with E-state index in [4.69, 9.17) is 9.15 Å². The lowest BCUT2D eigenvalue weighted by molar-refractivity contribution is -0.122. The van der Waals surface area contributed by atoms with Crippen molar-refractivity contribution in [3.05, 3.63) is 90.0 Å². The second-order valence-electron chi connectivity index (χ2n) is 10.4. The molecule has 0 radical (unpaired) electrons. The van der Waals surface area contributed by atoms with Crippen molar-refractivity contribution >= 4 is 34.5 Å². The highest BCUT2D eigenvalue weighted by Crippen LogP contribution is 2.31. The highest BCUT2D eigenvalue weighted by molar-refractivity contribution is 6.23. The molecule has 41 heavy (non-hydrogen) atoms. The number of methoxy groups -OCH3 is 1. The van der Waals surface area contributed by atoms with Crippen LogP contribution in [0.4, 0.5) is 5.69 Å². The molecule has 0 bridgehead atoms. The van der Waals surface area contributed by atoms with Crippen LogP contribution in [-0.2, 0) is 9.59 Å². The predicted molar refractivity (Wildman–Crippen MR) is 156 cm³/mol. The summed E-state index contributed by atoms with van der Waals surface area (Å²) < 4.78 is 11.2. The number of fused-ring (bicyclic) bond motifs is 1. The van der Waals surface area contributed by atoms with Crippen molar-refractivity contribution in [3.63, 3.8) is 0 Å². The van der Waals surface area contributed by atoms with Gasteiger partial charge in [0.15, 0.2) is 5.58 Å². The lowest BCUT2D eigenvalue weighted by Crippen LogP contribution is -2.46. The molecule has 0 spiro atoms. The summed E-state index contributed by atoms with van der Waals surface area (Å²) in [5.74, 6) is -0.0184. The standard InChI is InChI=1S/C33H31N3O5/c1-40-26-11-7-10-24(20-26)32(38)35(19-18-22-8-3-2-4-9-22)28-21-30(37)36(33(28)39)25-16-14-23(15-17-25)31-34-27-12-5-6-13-29(27)41-31/h5-8,10-17,20,28H,2-4,9,18-19,21H2,1H3. The number of amides is 3. The van der Waals surface area contributed by atoms with E-state index in [2.05, 4.69) is 11.1 Å². The van der Waals surface area contributed by atoms with E-state index in [1.165, 1.54) is 16.9 Å². The fourth-order valence-electron chi connectivity index (χ4n) is 5.60. The Kier molecular flexibility index (Phi) is 7.37. The van der Waals surface area contributed by atoms with E-state index in [0.29, 0.717) is 41.4 Å². The van der Waals surface area contributed by atoms with Gasteiger partial charge >= 0.3 is 0 Å². The number of benzene rings is 3. The van der Waals surface area contributed by atoms with Gasteiger partial charge in [-0.05, 0) is 86.7 Å². The molecule has 1 fully saturated rings. The maximum absolute atomic E-state index is 13.8. The topological polar surface area (TPSA) is 92.9 Å². The van der Waals surface area contributed by atoms with E-state index in [1.807, 2.05) is 24.3 Å². The fourth-order valence-corrected chi connectivity index (χ4v) is 5.60. The average Bonchev–Trinajstić information content (AvgIpc) is 3.58. The van der Waals surface area contributed by atoms with E-state index in [1.54, 1.807) is 60.5 Å². The summed E-state index contributed by atoms with van der Waals surface area (Å²) in [6.45, 7) is 0.357. The minimum Gasteiger partial charge on any atom is -0.497 e. The quantitative estimate of drug-likeness (QED) is 0.193. The van der Waals surface area contributed by atoms with Gasteiger partial charge < -0.3 is 14.1 Å². The van der Waals surface area contributed by atoms with Gasteiger partial charge in [0.2, 0.25) is 11.8 Å². The van der Waals surface area contributed by atoms with Gasteiger partial charge in [-0.2, -0.15) is 0 Å². The molecular weight excluding hydrogens is 518 g/mol. The summed E-state index contributed by atoms with van der Waals surface area (Å²) in [6.07, 6.45) is 7.18. The lowest BCUT2D eigenvalue weighted by atomic mass is 9.96. The van der Waals surface area contributed by atoms with Gasteiger partial charge in [-0.1, -0.05) is 29.8 Å². The number of hydrogen-bond acceptors (Lipinski definition) is 6. The molecule has 1 unspecified atom stereocenters. The van der Waals surface area contributed by atoms with Crippen LogP contribution in [0.15, 0.2) is 88.9 Å². The summed E-state index contributed by atoms with van der Waals surface area (Å²) in [7, 11) is 1.55. The van der Waals surface area contributed by atoms with E-state index < -0.39 is 11.9 Å². The Morgan fingerprint density at radius 2 is 1.88 bits per heavy atom. The molecule has 1 saturated heterocycles. The number of ether oxygens (including phenoxy) is 1. The second kappa shape index (κ2) is 11.4. The van der Waals surface area contributed by atoms with Gasteiger partial charge in [-0.15, -0.1) is 0 Å². The van der Waals surface area contributed by atoms with Crippen molar-refractivity contribution in [1.82, 2.24) is 9.88 Å². The minimum atomic E-state index is -0.887. The van der Waals surface area contributed by atoms with Crippen LogP contribution in [0.25, 0.3) is 22.6 Å². The Labute approximate surface area is 238 Å². The molecule has 2 heterocycles. The number of aromatic nitrogens is 1. The number of carbonyl (C=O) groups excluding carboxylic acids is 3. The number of oxazole rings is 1. The van der Waals surface area contributed by atoms with Crippen LogP contribution in [0.2, 0.25) is 0 Å². The Morgan fingerprint density at radius 1 is 1.05 bits per heavy atom. The van der Waals surface area contributed by atoms with Crippen LogP contribution < -0.4 is 9.64 Å². The van der Waals surface area contributed by atoms with Gasteiger partial charge in [0.05, 0.1) is 19.2 Å². The average molecular weight is 550 g/mol. The van der Waals surface area contributed by atoms with Crippen molar-refractivity contribution in [2.75, 3.05) is 18.6 Å². The first-order valence-electron chi connectivity index (χ1n) is 14.0. The zero-order valence-corrected chi connectivity index (χ0v) is 22.9. The third kappa shape index (κ3) is 5.37. The summed E-state index contributed by atoms with van der Waals surface area (Å²) in [5, 5.41) is 0. The number of rotatable bonds is 8. The van der Waals surface area contributed by atoms with Crippen molar-refractivity contribution in [2.45, 2.75) is 44.6 Å². The first-order valence-corrected chi connectivity index (χ1v) is 14.0. The van der Waals surface area contributed by atoms with Gasteiger partial charge in [0, 0.05) is 17.7 Å².